The van der Waals surface area contributed by atoms with E-state index >= 15 is 0 Å². The van der Waals surface area contributed by atoms with Gasteiger partial charge in [-0.05, 0) is 31.6 Å². The van der Waals surface area contributed by atoms with Crippen molar-refractivity contribution in [2.45, 2.75) is 32.6 Å². The van der Waals surface area contributed by atoms with Gasteiger partial charge in [0.15, 0.2) is 15.8 Å². The summed E-state index contributed by atoms with van der Waals surface area (Å²) < 4.78 is 22.9. The fourth-order valence-corrected chi connectivity index (χ4v) is 4.51. The molecule has 2 saturated heterocycles. The molecule has 20 heavy (non-hydrogen) atoms. The quantitative estimate of drug-likeness (QED) is 0.430. The Morgan fingerprint density at radius 2 is 2.05 bits per heavy atom. The number of guanidine groups is 1. The maximum Gasteiger partial charge on any atom is 0.193 e. The smallest absolute Gasteiger partial charge is 0.193 e. The number of nitrogens with one attached hydrogen (secondary N) is 1. The molecule has 1 unspecified atom stereocenters. The number of likely N-dealkylation sites (tertiary alicyclic amines) is 1. The van der Waals surface area contributed by atoms with Crippen LogP contribution in [0.2, 0.25) is 0 Å². The molecule has 5 nitrogen and oxygen atoms in total. The second kappa shape index (κ2) is 8.41. The van der Waals surface area contributed by atoms with Gasteiger partial charge in [0.25, 0.3) is 0 Å². The molecule has 0 radical (unpaired) electrons. The second-order valence-corrected chi connectivity index (χ2v) is 7.78. The summed E-state index contributed by atoms with van der Waals surface area (Å²) in [7, 11) is -2.78. The standard InChI is InChI=1S/C13H25N3O2S.HI/c1-2-6-14-13(16-7-3-4-8-16)15-10-12-5-9-19(17,18)11-12;/h12H,2-11H2,1H3,(H,14,15);1H. The summed E-state index contributed by atoms with van der Waals surface area (Å²) in [5, 5.41) is 3.38. The maximum atomic E-state index is 11.4. The third-order valence-electron chi connectivity index (χ3n) is 3.76. The van der Waals surface area contributed by atoms with E-state index in [4.69, 9.17) is 0 Å². The van der Waals surface area contributed by atoms with Gasteiger partial charge in [-0.15, -0.1) is 24.0 Å². The van der Waals surface area contributed by atoms with Crippen LogP contribution in [0.1, 0.15) is 32.6 Å². The van der Waals surface area contributed by atoms with Crippen molar-refractivity contribution in [3.05, 3.63) is 0 Å². The lowest BCUT2D eigenvalue weighted by molar-refractivity contribution is 0.486. The van der Waals surface area contributed by atoms with Gasteiger partial charge in [-0.25, -0.2) is 8.42 Å². The van der Waals surface area contributed by atoms with Crippen molar-refractivity contribution in [3.8, 4) is 0 Å². The number of sulfone groups is 1. The number of rotatable bonds is 4. The minimum atomic E-state index is -2.78. The van der Waals surface area contributed by atoms with Crippen LogP contribution in [0.15, 0.2) is 4.99 Å². The van der Waals surface area contributed by atoms with Crippen LogP contribution in [-0.2, 0) is 9.84 Å². The number of nitrogens with zero attached hydrogens (tertiary/aromatic N) is 2. The highest BCUT2D eigenvalue weighted by Crippen LogP contribution is 2.18. The van der Waals surface area contributed by atoms with Crippen LogP contribution in [0.3, 0.4) is 0 Å². The number of halogens is 1. The van der Waals surface area contributed by atoms with Gasteiger partial charge in [0.1, 0.15) is 0 Å². The van der Waals surface area contributed by atoms with Crippen molar-refractivity contribution in [2.75, 3.05) is 37.7 Å². The monoisotopic (exact) mass is 415 g/mol. The Bertz CT molecular complexity index is 419. The minimum absolute atomic E-state index is 0. The molecule has 0 saturated carbocycles. The summed E-state index contributed by atoms with van der Waals surface area (Å²) in [4.78, 5) is 6.95. The Morgan fingerprint density at radius 3 is 2.60 bits per heavy atom. The highest BCUT2D eigenvalue weighted by molar-refractivity contribution is 14.0. The average Bonchev–Trinajstić information content (AvgIpc) is 2.99. The zero-order valence-electron chi connectivity index (χ0n) is 12.2. The first-order valence-corrected chi connectivity index (χ1v) is 9.16. The third-order valence-corrected chi connectivity index (χ3v) is 5.60. The molecular formula is C13H26IN3O2S. The molecule has 2 heterocycles. The van der Waals surface area contributed by atoms with Crippen LogP contribution in [0, 0.1) is 5.92 Å². The molecule has 1 atom stereocenters. The SMILES string of the molecule is CCCNC(=NCC1CCS(=O)(=O)C1)N1CCCC1.I. The molecule has 2 aliphatic heterocycles. The third kappa shape index (κ3) is 5.38. The van der Waals surface area contributed by atoms with Gasteiger partial charge in [-0.1, -0.05) is 6.92 Å². The first kappa shape index (κ1) is 18.0. The average molecular weight is 415 g/mol. The lowest BCUT2D eigenvalue weighted by Gasteiger charge is -2.21. The Labute approximate surface area is 139 Å². The minimum Gasteiger partial charge on any atom is -0.356 e. The summed E-state index contributed by atoms with van der Waals surface area (Å²) in [6.45, 7) is 5.84. The van der Waals surface area contributed by atoms with Crippen molar-refractivity contribution in [3.63, 3.8) is 0 Å². The van der Waals surface area contributed by atoms with Crippen molar-refractivity contribution < 1.29 is 8.42 Å². The van der Waals surface area contributed by atoms with Crippen LogP contribution in [0.5, 0.6) is 0 Å². The lowest BCUT2D eigenvalue weighted by atomic mass is 10.1. The second-order valence-electron chi connectivity index (χ2n) is 5.55. The molecule has 2 aliphatic rings. The van der Waals surface area contributed by atoms with E-state index in [-0.39, 0.29) is 29.9 Å². The van der Waals surface area contributed by atoms with E-state index in [0.29, 0.717) is 18.1 Å². The van der Waals surface area contributed by atoms with Crippen LogP contribution < -0.4 is 5.32 Å². The highest BCUT2D eigenvalue weighted by Gasteiger charge is 2.27. The first-order valence-electron chi connectivity index (χ1n) is 7.34. The summed E-state index contributed by atoms with van der Waals surface area (Å²) in [6, 6.07) is 0. The van der Waals surface area contributed by atoms with E-state index in [0.717, 1.165) is 38.4 Å². The van der Waals surface area contributed by atoms with Crippen LogP contribution in [0.4, 0.5) is 0 Å². The Morgan fingerprint density at radius 1 is 1.35 bits per heavy atom. The van der Waals surface area contributed by atoms with Gasteiger partial charge >= 0.3 is 0 Å². The topological polar surface area (TPSA) is 61.8 Å². The molecule has 0 aromatic rings. The summed E-state index contributed by atoms with van der Waals surface area (Å²) >= 11 is 0. The molecule has 118 valence electrons. The van der Waals surface area contributed by atoms with Gasteiger partial charge in [-0.2, -0.15) is 0 Å². The Hall–Kier alpha value is -0.0500. The number of aliphatic imine (C=N–C) groups is 1. The van der Waals surface area contributed by atoms with Crippen LogP contribution >= 0.6 is 24.0 Å². The van der Waals surface area contributed by atoms with E-state index in [1.165, 1.54) is 12.8 Å². The van der Waals surface area contributed by atoms with Gasteiger partial charge in [0, 0.05) is 26.2 Å². The molecule has 0 aromatic heterocycles. The van der Waals surface area contributed by atoms with Crippen LogP contribution in [0.25, 0.3) is 0 Å². The van der Waals surface area contributed by atoms with E-state index in [9.17, 15) is 8.42 Å². The molecule has 2 rings (SSSR count). The molecule has 2 fully saturated rings. The summed E-state index contributed by atoms with van der Waals surface area (Å²) in [5.41, 5.74) is 0. The fraction of sp³-hybridized carbons (Fsp3) is 0.923. The molecule has 0 spiro atoms. The van der Waals surface area contributed by atoms with Gasteiger partial charge < -0.3 is 10.2 Å². The van der Waals surface area contributed by atoms with E-state index < -0.39 is 9.84 Å². The Balaban J connectivity index is 0.00000200. The summed E-state index contributed by atoms with van der Waals surface area (Å²) in [5.74, 6) is 1.85. The summed E-state index contributed by atoms with van der Waals surface area (Å²) in [6.07, 6.45) is 4.30. The molecule has 1 N–H and O–H groups in total. The molecule has 0 aromatic carbocycles. The van der Waals surface area contributed by atoms with E-state index in [1.54, 1.807) is 0 Å². The predicted molar refractivity (Wildman–Crippen MR) is 93.6 cm³/mol. The zero-order chi connectivity index (χ0) is 13.7. The molecule has 0 aliphatic carbocycles. The Kier molecular flexibility index (Phi) is 7.57. The van der Waals surface area contributed by atoms with Gasteiger partial charge in [0.2, 0.25) is 0 Å². The van der Waals surface area contributed by atoms with Gasteiger partial charge in [-0.3, -0.25) is 4.99 Å². The normalized spacial score (nSPS) is 25.6. The van der Waals surface area contributed by atoms with Crippen molar-refractivity contribution in [2.24, 2.45) is 10.9 Å². The van der Waals surface area contributed by atoms with Crippen molar-refractivity contribution in [1.82, 2.24) is 10.2 Å². The van der Waals surface area contributed by atoms with E-state index in [1.807, 2.05) is 0 Å². The molecule has 7 heteroatoms. The first-order chi connectivity index (χ1) is 9.11. The predicted octanol–water partition coefficient (Wildman–Crippen LogP) is 1.49. The highest BCUT2D eigenvalue weighted by atomic mass is 127. The number of hydrogen-bond acceptors (Lipinski definition) is 3. The maximum absolute atomic E-state index is 11.4. The fourth-order valence-electron chi connectivity index (χ4n) is 2.67. The van der Waals surface area contributed by atoms with Crippen LogP contribution in [-0.4, -0.2) is 57.0 Å². The van der Waals surface area contributed by atoms with Gasteiger partial charge in [0.05, 0.1) is 11.5 Å². The van der Waals surface area contributed by atoms with Crippen molar-refractivity contribution >= 4 is 39.8 Å². The molecule has 0 bridgehead atoms. The molecular weight excluding hydrogens is 389 g/mol. The zero-order valence-corrected chi connectivity index (χ0v) is 15.3. The molecule has 0 amide bonds. The lowest BCUT2D eigenvalue weighted by Crippen LogP contribution is -2.40. The number of hydrogen-bond donors (Lipinski definition) is 1. The van der Waals surface area contributed by atoms with E-state index in [2.05, 4.69) is 22.1 Å². The largest absolute Gasteiger partial charge is 0.356 e. The van der Waals surface area contributed by atoms with Crippen molar-refractivity contribution in [1.29, 1.82) is 0 Å².